The zero-order valence-corrected chi connectivity index (χ0v) is 24.8. The maximum Gasteiger partial charge on any atom is 0.254 e. The number of ether oxygens (including phenoxy) is 3. The average molecular weight is 578 g/mol. The number of nitrogens with zero attached hydrogens (tertiary/aromatic N) is 2. The summed E-state index contributed by atoms with van der Waals surface area (Å²) in [4.78, 5) is 43.5. The van der Waals surface area contributed by atoms with Crippen LogP contribution in [0.4, 0.5) is 0 Å². The predicted octanol–water partition coefficient (Wildman–Crippen LogP) is 4.93. The predicted molar refractivity (Wildman–Crippen MR) is 159 cm³/mol. The van der Waals surface area contributed by atoms with E-state index in [-0.39, 0.29) is 36.4 Å². The van der Waals surface area contributed by atoms with Crippen LogP contribution >= 0.6 is 0 Å². The van der Waals surface area contributed by atoms with Gasteiger partial charge in [0.1, 0.15) is 5.75 Å². The minimum Gasteiger partial charge on any atom is -0.493 e. The molecule has 1 N–H and O–H groups in total. The molecule has 0 radical (unpaired) electrons. The highest BCUT2D eigenvalue weighted by Gasteiger charge is 2.34. The van der Waals surface area contributed by atoms with Gasteiger partial charge in [0.25, 0.3) is 5.91 Å². The smallest absolute Gasteiger partial charge is 0.254 e. The standard InChI is InChI=1S/C33H43N3O6/c1-3-16-36-21-31(37)34-27-15-17-35(32(38)14-11-23-7-4-5-8-23)20-30(27)41-22-24-9-6-10-26(18-24)42-29-19-25(33(36)39)12-13-28(29)40-2/h6,9-10,12-13,18-19,23,27,30H,3-5,7-8,11,14-17,20-22H2,1-2H3,(H,34,37)/t27-,30-/m0/s1. The van der Waals surface area contributed by atoms with Gasteiger partial charge in [-0.2, -0.15) is 0 Å². The third-order valence-corrected chi connectivity index (χ3v) is 8.62. The molecule has 0 aromatic heterocycles. The second-order valence-corrected chi connectivity index (χ2v) is 11.7. The summed E-state index contributed by atoms with van der Waals surface area (Å²) in [5.74, 6) is 1.83. The fourth-order valence-corrected chi connectivity index (χ4v) is 6.31. The first kappa shape index (κ1) is 29.9. The van der Waals surface area contributed by atoms with Crippen LogP contribution in [-0.4, -0.2) is 73.0 Å². The summed E-state index contributed by atoms with van der Waals surface area (Å²) in [7, 11) is 1.55. The number of benzene rings is 2. The number of fused-ring (bicyclic) bond motifs is 5. The minimum atomic E-state index is -0.376. The van der Waals surface area contributed by atoms with E-state index in [1.807, 2.05) is 36.1 Å². The van der Waals surface area contributed by atoms with Gasteiger partial charge in [-0.15, -0.1) is 0 Å². The zero-order chi connectivity index (χ0) is 29.5. The first-order valence-electron chi connectivity index (χ1n) is 15.4. The van der Waals surface area contributed by atoms with E-state index in [9.17, 15) is 14.4 Å². The first-order chi connectivity index (χ1) is 20.4. The highest BCUT2D eigenvalue weighted by Crippen LogP contribution is 2.34. The number of hydrogen-bond donors (Lipinski definition) is 1. The fourth-order valence-electron chi connectivity index (χ4n) is 6.31. The number of amides is 3. The fraction of sp³-hybridized carbons (Fsp3) is 0.545. The van der Waals surface area contributed by atoms with Gasteiger partial charge >= 0.3 is 0 Å². The highest BCUT2D eigenvalue weighted by molar-refractivity contribution is 5.97. The van der Waals surface area contributed by atoms with Gasteiger partial charge < -0.3 is 29.3 Å². The highest BCUT2D eigenvalue weighted by atomic mass is 16.5. The second-order valence-electron chi connectivity index (χ2n) is 11.7. The third kappa shape index (κ3) is 7.43. The van der Waals surface area contributed by atoms with Crippen LogP contribution in [0.3, 0.4) is 0 Å². The molecular weight excluding hydrogens is 534 g/mol. The Kier molecular flexibility index (Phi) is 10.00. The van der Waals surface area contributed by atoms with E-state index in [4.69, 9.17) is 14.2 Å². The molecule has 1 aliphatic carbocycles. The second kappa shape index (κ2) is 14.1. The van der Waals surface area contributed by atoms with Crippen molar-refractivity contribution in [1.82, 2.24) is 15.1 Å². The molecule has 3 aliphatic rings. The molecule has 4 bridgehead atoms. The molecule has 1 saturated carbocycles. The van der Waals surface area contributed by atoms with Crippen molar-refractivity contribution in [2.24, 2.45) is 5.92 Å². The van der Waals surface area contributed by atoms with E-state index in [0.29, 0.717) is 74.2 Å². The molecule has 226 valence electrons. The van der Waals surface area contributed by atoms with Crippen LogP contribution < -0.4 is 14.8 Å². The number of carbonyl (C=O) groups is 3. The van der Waals surface area contributed by atoms with E-state index in [2.05, 4.69) is 5.32 Å². The largest absolute Gasteiger partial charge is 0.493 e. The number of piperidine rings is 1. The van der Waals surface area contributed by atoms with Crippen molar-refractivity contribution in [3.05, 3.63) is 53.6 Å². The third-order valence-electron chi connectivity index (χ3n) is 8.62. The molecular formula is C33H43N3O6. The maximum atomic E-state index is 13.6. The van der Waals surface area contributed by atoms with Crippen molar-refractivity contribution in [3.8, 4) is 17.2 Å². The van der Waals surface area contributed by atoms with Crippen LogP contribution in [0, 0.1) is 5.92 Å². The van der Waals surface area contributed by atoms with Gasteiger partial charge in [-0.1, -0.05) is 44.7 Å². The van der Waals surface area contributed by atoms with Crippen molar-refractivity contribution in [2.75, 3.05) is 33.3 Å². The number of carbonyl (C=O) groups excluding carboxylic acids is 3. The van der Waals surface area contributed by atoms with Crippen molar-refractivity contribution in [1.29, 1.82) is 0 Å². The number of nitrogens with one attached hydrogen (secondary N) is 1. The lowest BCUT2D eigenvalue weighted by Gasteiger charge is -2.39. The summed E-state index contributed by atoms with van der Waals surface area (Å²) in [5.41, 5.74) is 1.32. The average Bonchev–Trinajstić information content (AvgIpc) is 3.52. The number of methoxy groups -OCH3 is 1. The van der Waals surface area contributed by atoms with Crippen molar-refractivity contribution in [3.63, 3.8) is 0 Å². The van der Waals surface area contributed by atoms with Gasteiger partial charge in [0.2, 0.25) is 11.8 Å². The van der Waals surface area contributed by atoms with Crippen molar-refractivity contribution < 1.29 is 28.6 Å². The molecule has 2 aliphatic heterocycles. The molecule has 0 spiro atoms. The summed E-state index contributed by atoms with van der Waals surface area (Å²) >= 11 is 0. The summed E-state index contributed by atoms with van der Waals surface area (Å²) in [6.07, 6.45) is 7.43. The van der Waals surface area contributed by atoms with E-state index < -0.39 is 0 Å². The molecule has 1 saturated heterocycles. The molecule has 2 atom stereocenters. The molecule has 9 heteroatoms. The summed E-state index contributed by atoms with van der Waals surface area (Å²) in [6.45, 7) is 3.64. The lowest BCUT2D eigenvalue weighted by Crippen LogP contribution is -2.57. The molecule has 2 aromatic rings. The van der Waals surface area contributed by atoms with Crippen molar-refractivity contribution in [2.45, 2.75) is 77.0 Å². The molecule has 9 nitrogen and oxygen atoms in total. The minimum absolute atomic E-state index is 0.0683. The maximum absolute atomic E-state index is 13.6. The Labute approximate surface area is 248 Å². The Balaban J connectivity index is 1.38. The monoisotopic (exact) mass is 577 g/mol. The SMILES string of the molecule is CCCN1CC(=O)N[C@H]2CCN(C(=O)CCC3CCCC3)C[C@@H]2OCc2cccc(c2)Oc2cc(ccc2OC)C1=O. The summed E-state index contributed by atoms with van der Waals surface area (Å²) in [5, 5.41) is 3.14. The lowest BCUT2D eigenvalue weighted by atomic mass is 9.98. The molecule has 42 heavy (non-hydrogen) atoms. The van der Waals surface area contributed by atoms with Crippen LogP contribution in [0.5, 0.6) is 17.2 Å². The van der Waals surface area contributed by atoms with Crippen LogP contribution in [0.15, 0.2) is 42.5 Å². The van der Waals surface area contributed by atoms with Gasteiger partial charge in [0.15, 0.2) is 11.5 Å². The number of hydrogen-bond acceptors (Lipinski definition) is 6. The molecule has 2 heterocycles. The number of rotatable bonds is 6. The molecule has 3 amide bonds. The van der Waals surface area contributed by atoms with Gasteiger partial charge in [-0.3, -0.25) is 14.4 Å². The van der Waals surface area contributed by atoms with Gasteiger partial charge in [-0.05, 0) is 61.1 Å². The number of likely N-dealkylation sites (tertiary alicyclic amines) is 1. The Morgan fingerprint density at radius 3 is 2.71 bits per heavy atom. The van der Waals surface area contributed by atoms with Gasteiger partial charge in [-0.25, -0.2) is 0 Å². The van der Waals surface area contributed by atoms with Gasteiger partial charge in [0.05, 0.1) is 32.4 Å². The summed E-state index contributed by atoms with van der Waals surface area (Å²) < 4.78 is 18.1. The van der Waals surface area contributed by atoms with Crippen LogP contribution in [0.1, 0.15) is 74.2 Å². The topological polar surface area (TPSA) is 97.4 Å². The van der Waals surface area contributed by atoms with E-state index in [1.165, 1.54) is 25.7 Å². The Morgan fingerprint density at radius 1 is 1.10 bits per heavy atom. The summed E-state index contributed by atoms with van der Waals surface area (Å²) in [6, 6.07) is 12.4. The Bertz CT molecular complexity index is 1260. The quantitative estimate of drug-likeness (QED) is 0.523. The van der Waals surface area contributed by atoms with Crippen LogP contribution in [-0.2, 0) is 20.9 Å². The normalized spacial score (nSPS) is 21.9. The molecule has 2 fully saturated rings. The zero-order valence-electron chi connectivity index (χ0n) is 24.8. The van der Waals surface area contributed by atoms with Gasteiger partial charge in [0, 0.05) is 31.6 Å². The van der Waals surface area contributed by atoms with Crippen molar-refractivity contribution >= 4 is 17.7 Å². The molecule has 5 rings (SSSR count). The molecule has 0 unspecified atom stereocenters. The Morgan fingerprint density at radius 2 is 1.93 bits per heavy atom. The Hall–Kier alpha value is -3.59. The van der Waals surface area contributed by atoms with Crippen LogP contribution in [0.2, 0.25) is 0 Å². The van der Waals surface area contributed by atoms with E-state index in [1.54, 1.807) is 30.2 Å². The molecule has 2 aromatic carbocycles. The van der Waals surface area contributed by atoms with E-state index in [0.717, 1.165) is 12.0 Å². The first-order valence-corrected chi connectivity index (χ1v) is 15.4. The van der Waals surface area contributed by atoms with E-state index >= 15 is 0 Å². The van der Waals surface area contributed by atoms with Crippen LogP contribution in [0.25, 0.3) is 0 Å². The lowest BCUT2D eigenvalue weighted by molar-refractivity contribution is -0.138.